The lowest BCUT2D eigenvalue weighted by molar-refractivity contribution is -0.318. The van der Waals surface area contributed by atoms with Gasteiger partial charge in [0.15, 0.2) is 34.9 Å². The highest BCUT2D eigenvalue weighted by molar-refractivity contribution is 5.93. The number of hydrogen-bond acceptors (Lipinski definition) is 17. The zero-order valence-corrected chi connectivity index (χ0v) is 23.6. The van der Waals surface area contributed by atoms with Gasteiger partial charge in [0.25, 0.3) is 0 Å². The van der Waals surface area contributed by atoms with E-state index in [0.29, 0.717) is 6.07 Å². The van der Waals surface area contributed by atoms with Crippen LogP contribution in [0.5, 0.6) is 34.5 Å². The molecular weight excluding hydrogens is 608 g/mol. The second-order valence-electron chi connectivity index (χ2n) is 10.6. The molecule has 17 heteroatoms. The summed E-state index contributed by atoms with van der Waals surface area (Å²) in [6.07, 6.45) is -16.3. The summed E-state index contributed by atoms with van der Waals surface area (Å²) in [5.74, 6) is -4.10. The maximum atomic E-state index is 13.7. The van der Waals surface area contributed by atoms with Gasteiger partial charge in [0.1, 0.15) is 53.9 Å². The fourth-order valence-corrected chi connectivity index (χ4v) is 5.03. The number of phenols is 4. The molecule has 10 atom stereocenters. The Morgan fingerprint density at radius 3 is 2.13 bits per heavy atom. The van der Waals surface area contributed by atoms with E-state index in [0.717, 1.165) is 0 Å². The zero-order valence-electron chi connectivity index (χ0n) is 23.6. The Labute approximate surface area is 252 Å². The first kappa shape index (κ1) is 32.5. The number of hydrogen-bond donors (Lipinski definition) is 10. The third-order valence-corrected chi connectivity index (χ3v) is 7.64. The van der Waals surface area contributed by atoms with Crippen molar-refractivity contribution in [1.29, 1.82) is 0 Å². The van der Waals surface area contributed by atoms with Gasteiger partial charge in [-0.15, -0.1) is 0 Å². The zero-order chi connectivity index (χ0) is 32.9. The Bertz CT molecular complexity index is 1610. The van der Waals surface area contributed by atoms with Gasteiger partial charge in [0.2, 0.25) is 23.2 Å². The molecule has 3 heterocycles. The Balaban J connectivity index is 1.52. The Kier molecular flexibility index (Phi) is 9.00. The molecule has 3 aromatic rings. The van der Waals surface area contributed by atoms with Gasteiger partial charge in [-0.3, -0.25) is 4.79 Å². The van der Waals surface area contributed by atoms with E-state index in [1.54, 1.807) is 0 Å². The summed E-state index contributed by atoms with van der Waals surface area (Å²) < 4.78 is 33.0. The molecule has 45 heavy (non-hydrogen) atoms. The Morgan fingerprint density at radius 2 is 1.44 bits per heavy atom. The number of benzene rings is 2. The van der Waals surface area contributed by atoms with Crippen molar-refractivity contribution >= 4 is 11.0 Å². The first-order chi connectivity index (χ1) is 21.2. The summed E-state index contributed by atoms with van der Waals surface area (Å²) in [5, 5.41) is 102. The molecule has 0 bridgehead atoms. The van der Waals surface area contributed by atoms with E-state index in [1.165, 1.54) is 32.2 Å². The van der Waals surface area contributed by atoms with Crippen LogP contribution in [0.3, 0.4) is 0 Å². The first-order valence-corrected chi connectivity index (χ1v) is 13.5. The monoisotopic (exact) mass is 640 g/mol. The maximum Gasteiger partial charge on any atom is 0.239 e. The van der Waals surface area contributed by atoms with E-state index < -0.39 is 113 Å². The molecule has 0 spiro atoms. The second kappa shape index (κ2) is 12.5. The third-order valence-electron chi connectivity index (χ3n) is 7.64. The van der Waals surface area contributed by atoms with Crippen molar-refractivity contribution in [1.82, 2.24) is 0 Å². The van der Waals surface area contributed by atoms with Crippen LogP contribution in [0, 0.1) is 0 Å². The maximum absolute atomic E-state index is 13.7. The number of fused-ring (bicyclic) bond motifs is 1. The highest BCUT2D eigenvalue weighted by Crippen LogP contribution is 2.43. The van der Waals surface area contributed by atoms with Gasteiger partial charge in [-0.1, -0.05) is 0 Å². The smallest absolute Gasteiger partial charge is 0.239 e. The molecule has 10 unspecified atom stereocenters. The minimum atomic E-state index is -2.00. The van der Waals surface area contributed by atoms with Crippen molar-refractivity contribution in [3.63, 3.8) is 0 Å². The lowest BCUT2D eigenvalue weighted by atomic mass is 9.98. The number of ether oxygens (including phenoxy) is 5. The highest BCUT2D eigenvalue weighted by atomic mass is 16.7. The summed E-state index contributed by atoms with van der Waals surface area (Å²) in [6, 6.07) is 4.35. The first-order valence-electron chi connectivity index (χ1n) is 13.5. The van der Waals surface area contributed by atoms with Crippen LogP contribution >= 0.6 is 0 Å². The van der Waals surface area contributed by atoms with Crippen LogP contribution in [0.15, 0.2) is 33.5 Å². The lowest BCUT2D eigenvalue weighted by Crippen LogP contribution is -2.61. The molecule has 0 radical (unpaired) electrons. The summed E-state index contributed by atoms with van der Waals surface area (Å²) in [5.41, 5.74) is -1.77. The van der Waals surface area contributed by atoms with Crippen molar-refractivity contribution in [3.8, 4) is 45.8 Å². The fraction of sp³-hybridized carbons (Fsp3) is 0.464. The van der Waals surface area contributed by atoms with Gasteiger partial charge in [-0.05, 0) is 25.1 Å². The van der Waals surface area contributed by atoms with Gasteiger partial charge >= 0.3 is 0 Å². The molecule has 0 amide bonds. The van der Waals surface area contributed by atoms with E-state index in [2.05, 4.69) is 0 Å². The molecule has 0 saturated carbocycles. The number of methoxy groups -OCH3 is 1. The molecule has 246 valence electrons. The molecule has 2 saturated heterocycles. The van der Waals surface area contributed by atoms with Crippen molar-refractivity contribution in [3.05, 3.63) is 34.5 Å². The summed E-state index contributed by atoms with van der Waals surface area (Å²) in [7, 11) is 1.25. The molecule has 1 aromatic heterocycles. The van der Waals surface area contributed by atoms with Gasteiger partial charge in [-0.25, -0.2) is 0 Å². The van der Waals surface area contributed by atoms with Crippen LogP contribution in [0.25, 0.3) is 22.3 Å². The normalized spacial score (nSPS) is 32.0. The van der Waals surface area contributed by atoms with Crippen molar-refractivity contribution in [2.24, 2.45) is 0 Å². The van der Waals surface area contributed by atoms with Gasteiger partial charge in [0.05, 0.1) is 19.8 Å². The predicted octanol–water partition coefficient (Wildman–Crippen LogP) is -1.68. The minimum Gasteiger partial charge on any atom is -0.507 e. The van der Waals surface area contributed by atoms with Crippen LogP contribution < -0.4 is 14.9 Å². The minimum absolute atomic E-state index is 0.00458. The van der Waals surface area contributed by atoms with Crippen LogP contribution in [0.1, 0.15) is 6.92 Å². The van der Waals surface area contributed by atoms with Crippen LogP contribution in [-0.4, -0.2) is 126 Å². The van der Waals surface area contributed by atoms with E-state index in [-0.39, 0.29) is 17.1 Å². The highest BCUT2D eigenvalue weighted by Gasteiger charge is 2.48. The SMILES string of the molecule is COc1cc(-c2oc3c(O)c(O)cc(O)c3c(=O)c2OC2OC(COC3OC(C)C(O)C(O)C3O)C(O)C(O)C2O)ccc1O. The fourth-order valence-electron chi connectivity index (χ4n) is 5.03. The topological polar surface area (TPSA) is 279 Å². The molecule has 2 aliphatic rings. The molecule has 2 fully saturated rings. The molecule has 17 nitrogen and oxygen atoms in total. The van der Waals surface area contributed by atoms with E-state index in [9.17, 15) is 55.9 Å². The molecule has 10 N–H and O–H groups in total. The van der Waals surface area contributed by atoms with Gasteiger partial charge in [0, 0.05) is 11.6 Å². The predicted molar refractivity (Wildman–Crippen MR) is 147 cm³/mol. The molecule has 0 aliphatic carbocycles. The largest absolute Gasteiger partial charge is 0.507 e. The summed E-state index contributed by atoms with van der Waals surface area (Å²) >= 11 is 0. The van der Waals surface area contributed by atoms with E-state index in [4.69, 9.17) is 28.1 Å². The summed E-state index contributed by atoms with van der Waals surface area (Å²) in [6.45, 7) is 0.797. The van der Waals surface area contributed by atoms with Crippen LogP contribution in [0.2, 0.25) is 0 Å². The van der Waals surface area contributed by atoms with Crippen LogP contribution in [0.4, 0.5) is 0 Å². The summed E-state index contributed by atoms with van der Waals surface area (Å²) in [4.78, 5) is 13.7. The number of phenolic OH excluding ortho intramolecular Hbond substituents is 4. The third kappa shape index (κ3) is 5.81. The number of rotatable bonds is 7. The molecule has 2 aromatic carbocycles. The second-order valence-corrected chi connectivity index (χ2v) is 10.6. The standard InChI is InChI=1S/C28H32O17/c1-8-16(32)20(36)22(38)27(42-8)41-7-14-18(34)21(37)23(39)28(43-14)45-26-19(35)15-11(30)6-12(31)17(33)25(15)44-24(26)9-3-4-10(29)13(5-9)40-2/h3-6,8,14,16,18,20-23,27-34,36-39H,7H2,1-2H3. The average Bonchev–Trinajstić information content (AvgIpc) is 3.01. The van der Waals surface area contributed by atoms with Gasteiger partial charge in [-0.2, -0.15) is 0 Å². The number of aliphatic hydroxyl groups excluding tert-OH is 6. The molecule has 5 rings (SSSR count). The quantitative estimate of drug-likeness (QED) is 0.102. The van der Waals surface area contributed by atoms with Crippen molar-refractivity contribution < 1.29 is 79.2 Å². The Morgan fingerprint density at radius 1 is 0.778 bits per heavy atom. The molecular formula is C28H32O17. The number of aliphatic hydroxyl groups is 6. The number of aromatic hydroxyl groups is 4. The van der Waals surface area contributed by atoms with Crippen molar-refractivity contribution in [2.75, 3.05) is 13.7 Å². The van der Waals surface area contributed by atoms with Crippen molar-refractivity contribution in [2.45, 2.75) is 68.3 Å². The van der Waals surface area contributed by atoms with E-state index in [1.807, 2.05) is 0 Å². The Hall–Kier alpha value is -3.91. The molecule has 2 aliphatic heterocycles. The average molecular weight is 641 g/mol. The van der Waals surface area contributed by atoms with Crippen LogP contribution in [-0.2, 0) is 14.2 Å². The van der Waals surface area contributed by atoms with Gasteiger partial charge < -0.3 is 79.2 Å². The lowest BCUT2D eigenvalue weighted by Gasteiger charge is -2.42. The van der Waals surface area contributed by atoms with E-state index >= 15 is 0 Å².